The molecular weight excluding hydrogens is 532 g/mol. The van der Waals surface area contributed by atoms with Crippen molar-refractivity contribution in [2.24, 2.45) is 28.6 Å². The number of ketones is 2. The minimum Gasteiger partial charge on any atom is -0.481 e. The van der Waals surface area contributed by atoms with Gasteiger partial charge in [0.05, 0.1) is 6.10 Å². The fourth-order valence-electron chi connectivity index (χ4n) is 9.22. The van der Waals surface area contributed by atoms with Gasteiger partial charge in [0, 0.05) is 18.3 Å². The topological polar surface area (TPSA) is 132 Å². The number of hydrogen-bond acceptors (Lipinski definition) is 6. The molecule has 4 rings (SSSR count). The molecule has 42 heavy (non-hydrogen) atoms. The van der Waals surface area contributed by atoms with Crippen molar-refractivity contribution in [3.05, 3.63) is 11.6 Å². The molecule has 3 fully saturated rings. The van der Waals surface area contributed by atoms with E-state index in [4.69, 9.17) is 5.11 Å². The second-order valence-corrected chi connectivity index (χ2v) is 14.2. The van der Waals surface area contributed by atoms with Crippen LogP contribution in [0.3, 0.4) is 0 Å². The number of carboxylic acids is 1. The SMILES string of the molecule is CCCCCCCCCCCCCC(=O)O.C[C@]12CCC(=O)C=C1CC[C@@H]1[C@@H]2[C@@H](O)C[C@@]2(C)[C@H]1CC[C@]2(O)C(=O)CO. The van der Waals surface area contributed by atoms with Crippen molar-refractivity contribution < 1.29 is 34.8 Å². The number of fused-ring (bicyclic) bond motifs is 5. The summed E-state index contributed by atoms with van der Waals surface area (Å²) in [5.74, 6) is -0.517. The maximum Gasteiger partial charge on any atom is 0.303 e. The predicted octanol–water partition coefficient (Wildman–Crippen LogP) is 6.55. The summed E-state index contributed by atoms with van der Waals surface area (Å²) in [5.41, 5.74) is -1.23. The van der Waals surface area contributed by atoms with Gasteiger partial charge in [-0.2, -0.15) is 0 Å². The number of carbonyl (C=O) groups excluding carboxylic acids is 2. The summed E-state index contributed by atoms with van der Waals surface area (Å²) in [7, 11) is 0. The number of carboxylic acid groups (broad SMARTS) is 1. The van der Waals surface area contributed by atoms with Gasteiger partial charge in [-0.15, -0.1) is 0 Å². The molecule has 0 aromatic heterocycles. The Hall–Kier alpha value is -1.57. The van der Waals surface area contributed by atoms with E-state index in [1.165, 1.54) is 63.4 Å². The number of Topliss-reactive ketones (excluding diaryl/α,β-unsaturated/α-hetero) is 1. The van der Waals surface area contributed by atoms with Crippen LogP contribution in [-0.2, 0) is 14.4 Å². The monoisotopic (exact) mass is 590 g/mol. The zero-order chi connectivity index (χ0) is 31.0. The van der Waals surface area contributed by atoms with Gasteiger partial charge in [-0.05, 0) is 74.2 Å². The molecule has 0 amide bonds. The summed E-state index contributed by atoms with van der Waals surface area (Å²) in [6.45, 7) is 5.70. The lowest BCUT2D eigenvalue weighted by atomic mass is 9.45. The highest BCUT2D eigenvalue weighted by molar-refractivity contribution is 5.91. The summed E-state index contributed by atoms with van der Waals surface area (Å²) in [6.07, 6.45) is 20.1. The van der Waals surface area contributed by atoms with Crippen LogP contribution in [0.25, 0.3) is 0 Å². The van der Waals surface area contributed by atoms with E-state index >= 15 is 0 Å². The molecule has 0 radical (unpaired) electrons. The zero-order valence-electron chi connectivity index (χ0n) is 26.5. The third-order valence-electron chi connectivity index (χ3n) is 11.6. The van der Waals surface area contributed by atoms with Crippen LogP contribution >= 0.6 is 0 Å². The molecule has 7 nitrogen and oxygen atoms in total. The van der Waals surface area contributed by atoms with Crippen molar-refractivity contribution in [3.8, 4) is 0 Å². The van der Waals surface area contributed by atoms with E-state index < -0.39 is 35.5 Å². The van der Waals surface area contributed by atoms with Gasteiger partial charge in [-0.1, -0.05) is 90.6 Å². The number of allylic oxidation sites excluding steroid dienone is 1. The minimum atomic E-state index is -1.54. The molecule has 0 spiro atoms. The number of aliphatic hydroxyl groups excluding tert-OH is 2. The van der Waals surface area contributed by atoms with Gasteiger partial charge in [0.1, 0.15) is 12.2 Å². The second kappa shape index (κ2) is 15.4. The molecule has 0 aromatic rings. The first-order valence-electron chi connectivity index (χ1n) is 16.9. The molecule has 4 aliphatic carbocycles. The van der Waals surface area contributed by atoms with Crippen molar-refractivity contribution in [1.82, 2.24) is 0 Å². The molecule has 0 aromatic carbocycles. The summed E-state index contributed by atoms with van der Waals surface area (Å²) in [4.78, 5) is 34.5. The summed E-state index contributed by atoms with van der Waals surface area (Å²) >= 11 is 0. The number of aliphatic carboxylic acids is 1. The number of hydrogen-bond donors (Lipinski definition) is 4. The Morgan fingerprint density at radius 2 is 1.50 bits per heavy atom. The average Bonchev–Trinajstić information content (AvgIpc) is 3.22. The van der Waals surface area contributed by atoms with Crippen molar-refractivity contribution >= 4 is 17.5 Å². The Kier molecular flexibility index (Phi) is 12.8. The average molecular weight is 591 g/mol. The van der Waals surface area contributed by atoms with Crippen molar-refractivity contribution in [2.45, 2.75) is 154 Å². The van der Waals surface area contributed by atoms with Crippen LogP contribution < -0.4 is 0 Å². The van der Waals surface area contributed by atoms with E-state index in [1.54, 1.807) is 6.08 Å². The van der Waals surface area contributed by atoms with Gasteiger partial charge >= 0.3 is 5.97 Å². The number of carbonyl (C=O) groups is 3. The molecule has 0 bridgehead atoms. The molecule has 7 atom stereocenters. The first-order chi connectivity index (χ1) is 19.9. The zero-order valence-corrected chi connectivity index (χ0v) is 26.5. The Morgan fingerprint density at radius 3 is 2.07 bits per heavy atom. The van der Waals surface area contributed by atoms with Crippen LogP contribution in [0, 0.1) is 28.6 Å². The van der Waals surface area contributed by atoms with Gasteiger partial charge in [-0.3, -0.25) is 14.4 Å². The Morgan fingerprint density at radius 1 is 0.905 bits per heavy atom. The smallest absolute Gasteiger partial charge is 0.303 e. The summed E-state index contributed by atoms with van der Waals surface area (Å²) in [6, 6.07) is 0. The van der Waals surface area contributed by atoms with Gasteiger partial charge in [0.25, 0.3) is 0 Å². The molecule has 0 saturated heterocycles. The quantitative estimate of drug-likeness (QED) is 0.169. The molecule has 4 aliphatic rings. The highest BCUT2D eigenvalue weighted by Crippen LogP contribution is 2.67. The predicted molar refractivity (Wildman–Crippen MR) is 164 cm³/mol. The Labute approximate surface area is 253 Å². The van der Waals surface area contributed by atoms with E-state index in [0.717, 1.165) is 38.5 Å². The van der Waals surface area contributed by atoms with E-state index in [2.05, 4.69) is 13.8 Å². The maximum absolute atomic E-state index is 12.4. The molecule has 0 heterocycles. The lowest BCUT2D eigenvalue weighted by Gasteiger charge is -2.60. The van der Waals surface area contributed by atoms with Crippen LogP contribution in [0.1, 0.15) is 143 Å². The van der Waals surface area contributed by atoms with Crippen LogP contribution in [0.15, 0.2) is 11.6 Å². The molecule has 7 heteroatoms. The van der Waals surface area contributed by atoms with Gasteiger partial charge < -0.3 is 20.4 Å². The van der Waals surface area contributed by atoms with Crippen LogP contribution in [-0.4, -0.2) is 56.3 Å². The van der Waals surface area contributed by atoms with Gasteiger partial charge in [-0.25, -0.2) is 0 Å². The van der Waals surface area contributed by atoms with Crippen LogP contribution in [0.5, 0.6) is 0 Å². The normalized spacial score (nSPS) is 35.3. The van der Waals surface area contributed by atoms with E-state index in [1.807, 2.05) is 6.92 Å². The summed E-state index contributed by atoms with van der Waals surface area (Å²) in [5, 5.41) is 40.2. The first-order valence-corrected chi connectivity index (χ1v) is 16.9. The third-order valence-corrected chi connectivity index (χ3v) is 11.6. The fourth-order valence-corrected chi connectivity index (χ4v) is 9.22. The van der Waals surface area contributed by atoms with Crippen molar-refractivity contribution in [2.75, 3.05) is 6.61 Å². The number of unbranched alkanes of at least 4 members (excludes halogenated alkanes) is 10. The molecule has 240 valence electrons. The molecule has 0 unspecified atom stereocenters. The summed E-state index contributed by atoms with van der Waals surface area (Å²) < 4.78 is 0. The van der Waals surface area contributed by atoms with Crippen molar-refractivity contribution in [3.63, 3.8) is 0 Å². The molecule has 0 aliphatic heterocycles. The van der Waals surface area contributed by atoms with E-state index in [0.29, 0.717) is 25.7 Å². The van der Waals surface area contributed by atoms with Crippen LogP contribution in [0.2, 0.25) is 0 Å². The number of rotatable bonds is 14. The van der Waals surface area contributed by atoms with E-state index in [9.17, 15) is 29.7 Å². The first kappa shape index (κ1) is 34.9. The molecule has 3 saturated carbocycles. The lowest BCUT2D eigenvalue weighted by Crippen LogP contribution is -2.62. The Bertz CT molecular complexity index is 959. The Balaban J connectivity index is 0.000000263. The standard InChI is InChI=1S/C21H30O5.C14H28O2/c1-19-7-5-13(23)9-12(19)3-4-14-15-6-8-21(26,17(25)11-22)20(15,2)10-16(24)18(14)19;1-2-3-4-5-6-7-8-9-10-11-12-13-14(15)16/h9,14-16,18,22,24,26H,3-8,10-11H2,1-2H3;2-13H2,1H3,(H,15,16)/t14-,15-,16-,18+,19-,20-,21-;/m0./s1. The maximum atomic E-state index is 12.4. The van der Waals surface area contributed by atoms with Crippen molar-refractivity contribution in [1.29, 1.82) is 0 Å². The third kappa shape index (κ3) is 7.55. The molecule has 4 N–H and O–H groups in total. The highest BCUT2D eigenvalue weighted by atomic mass is 16.4. The minimum absolute atomic E-state index is 0.0697. The number of aliphatic hydroxyl groups is 3. The molecular formula is C35H58O7. The lowest BCUT2D eigenvalue weighted by molar-refractivity contribution is -0.182. The van der Waals surface area contributed by atoms with E-state index in [-0.39, 0.29) is 29.0 Å². The van der Waals surface area contributed by atoms with Gasteiger partial charge in [0.2, 0.25) is 0 Å². The second-order valence-electron chi connectivity index (χ2n) is 14.2. The van der Waals surface area contributed by atoms with Gasteiger partial charge in [0.15, 0.2) is 11.6 Å². The van der Waals surface area contributed by atoms with Crippen LogP contribution in [0.4, 0.5) is 0 Å². The highest BCUT2D eigenvalue weighted by Gasteiger charge is 2.68. The largest absolute Gasteiger partial charge is 0.481 e. The fraction of sp³-hybridized carbons (Fsp3) is 0.857.